The molecule has 1 saturated carbocycles. The van der Waals surface area contributed by atoms with Gasteiger partial charge < -0.3 is 20.1 Å². The molecule has 5 nitrogen and oxygen atoms in total. The van der Waals surface area contributed by atoms with Crippen LogP contribution in [-0.2, 0) is 9.53 Å². The largest absolute Gasteiger partial charge is 0.458 e. The second-order valence-electron chi connectivity index (χ2n) is 5.76. The lowest BCUT2D eigenvalue weighted by Crippen LogP contribution is -2.56. The highest BCUT2D eigenvalue weighted by Crippen LogP contribution is 2.53. The van der Waals surface area contributed by atoms with E-state index in [0.717, 1.165) is 5.57 Å². The molecule has 2 fully saturated rings. The van der Waals surface area contributed by atoms with Crippen LogP contribution in [0.15, 0.2) is 36.0 Å². The molecule has 0 spiro atoms. The third-order valence-corrected chi connectivity index (χ3v) is 4.95. The van der Waals surface area contributed by atoms with E-state index in [4.69, 9.17) is 4.74 Å². The van der Waals surface area contributed by atoms with Gasteiger partial charge in [-0.25, -0.2) is 4.79 Å². The summed E-state index contributed by atoms with van der Waals surface area (Å²) in [5, 5.41) is 30.1. The van der Waals surface area contributed by atoms with Crippen molar-refractivity contribution in [1.82, 2.24) is 0 Å². The normalized spacial score (nSPS) is 42.9. The van der Waals surface area contributed by atoms with Crippen LogP contribution in [0, 0.1) is 17.3 Å². The van der Waals surface area contributed by atoms with Crippen LogP contribution in [0.1, 0.15) is 6.42 Å². The standard InChI is InChI=1S/C15H18O5/c1-8-12-11(20-14(8)19)5-10-9(6-16)3-2-4-15(10,7-17)13(12)18/h2-4,10-13,16-18H,1,5-7H2. The van der Waals surface area contributed by atoms with E-state index in [9.17, 15) is 20.1 Å². The molecule has 20 heavy (non-hydrogen) atoms. The summed E-state index contributed by atoms with van der Waals surface area (Å²) in [5.41, 5.74) is 0.125. The van der Waals surface area contributed by atoms with Crippen LogP contribution in [0.3, 0.4) is 0 Å². The van der Waals surface area contributed by atoms with Gasteiger partial charge in [0.1, 0.15) is 6.10 Å². The third kappa shape index (κ3) is 1.57. The average molecular weight is 278 g/mol. The van der Waals surface area contributed by atoms with Crippen LogP contribution in [0.25, 0.3) is 0 Å². The Morgan fingerprint density at radius 2 is 2.20 bits per heavy atom. The summed E-state index contributed by atoms with van der Waals surface area (Å²) in [7, 11) is 0. The topological polar surface area (TPSA) is 87.0 Å². The van der Waals surface area contributed by atoms with Gasteiger partial charge in [0.15, 0.2) is 0 Å². The van der Waals surface area contributed by atoms with Crippen LogP contribution in [-0.4, -0.2) is 46.7 Å². The summed E-state index contributed by atoms with van der Waals surface area (Å²) < 4.78 is 5.27. The number of carbonyl (C=O) groups excluding carboxylic acids is 1. The average Bonchev–Trinajstić information content (AvgIpc) is 2.74. The van der Waals surface area contributed by atoms with Gasteiger partial charge in [-0.2, -0.15) is 0 Å². The van der Waals surface area contributed by atoms with Gasteiger partial charge >= 0.3 is 5.97 Å². The summed E-state index contributed by atoms with van der Waals surface area (Å²) in [4.78, 5) is 11.7. The lowest BCUT2D eigenvalue weighted by molar-refractivity contribution is -0.146. The molecule has 0 bridgehead atoms. The number of aliphatic hydroxyl groups excluding tert-OH is 3. The molecule has 0 amide bonds. The zero-order valence-corrected chi connectivity index (χ0v) is 11.0. The first-order valence-electron chi connectivity index (χ1n) is 6.73. The molecule has 5 heteroatoms. The summed E-state index contributed by atoms with van der Waals surface area (Å²) in [6.07, 6.45) is 4.38. The quantitative estimate of drug-likeness (QED) is 0.486. The van der Waals surface area contributed by atoms with Crippen molar-refractivity contribution in [2.75, 3.05) is 13.2 Å². The van der Waals surface area contributed by atoms with Crippen LogP contribution in [0.5, 0.6) is 0 Å². The molecule has 0 radical (unpaired) electrons. The summed E-state index contributed by atoms with van der Waals surface area (Å²) in [6, 6.07) is 0. The molecule has 0 aromatic carbocycles. The van der Waals surface area contributed by atoms with E-state index in [1.165, 1.54) is 0 Å². The maximum atomic E-state index is 11.7. The predicted octanol–water partition coefficient (Wildman–Crippen LogP) is -0.0678. The molecule has 5 unspecified atom stereocenters. The van der Waals surface area contributed by atoms with Gasteiger partial charge in [0.25, 0.3) is 0 Å². The molecule has 0 aromatic rings. The minimum atomic E-state index is -0.957. The smallest absolute Gasteiger partial charge is 0.334 e. The minimum absolute atomic E-state index is 0.143. The molecule has 1 aliphatic heterocycles. The number of rotatable bonds is 2. The highest BCUT2D eigenvalue weighted by atomic mass is 16.6. The monoisotopic (exact) mass is 278 g/mol. The van der Waals surface area contributed by atoms with Crippen molar-refractivity contribution in [2.24, 2.45) is 17.3 Å². The Balaban J connectivity index is 2.05. The molecule has 2 aliphatic carbocycles. The number of fused-ring (bicyclic) bond motifs is 2. The van der Waals surface area contributed by atoms with Crippen molar-refractivity contribution in [2.45, 2.75) is 18.6 Å². The summed E-state index contributed by atoms with van der Waals surface area (Å²) >= 11 is 0. The van der Waals surface area contributed by atoms with Crippen LogP contribution in [0.4, 0.5) is 0 Å². The van der Waals surface area contributed by atoms with Crippen molar-refractivity contribution in [1.29, 1.82) is 0 Å². The van der Waals surface area contributed by atoms with Gasteiger partial charge in [0.05, 0.1) is 25.2 Å². The van der Waals surface area contributed by atoms with Crippen molar-refractivity contribution in [3.63, 3.8) is 0 Å². The van der Waals surface area contributed by atoms with Crippen molar-refractivity contribution >= 4 is 5.97 Å². The number of carbonyl (C=O) groups is 1. The van der Waals surface area contributed by atoms with Gasteiger partial charge in [-0.3, -0.25) is 0 Å². The fourth-order valence-corrected chi connectivity index (χ4v) is 3.83. The van der Waals surface area contributed by atoms with E-state index in [1.54, 1.807) is 18.2 Å². The van der Waals surface area contributed by atoms with E-state index in [0.29, 0.717) is 6.42 Å². The minimum Gasteiger partial charge on any atom is -0.458 e. The van der Waals surface area contributed by atoms with E-state index in [1.807, 2.05) is 0 Å². The maximum Gasteiger partial charge on any atom is 0.334 e. The van der Waals surface area contributed by atoms with Crippen LogP contribution >= 0.6 is 0 Å². The van der Waals surface area contributed by atoms with Gasteiger partial charge in [-0.05, 0) is 17.9 Å². The van der Waals surface area contributed by atoms with Gasteiger partial charge in [-0.15, -0.1) is 0 Å². The highest BCUT2D eigenvalue weighted by molar-refractivity contribution is 5.91. The van der Waals surface area contributed by atoms with Crippen molar-refractivity contribution in [3.05, 3.63) is 36.0 Å². The molecule has 108 valence electrons. The van der Waals surface area contributed by atoms with Gasteiger partial charge in [0.2, 0.25) is 0 Å². The summed E-state index contributed by atoms with van der Waals surface area (Å²) in [5.74, 6) is -1.21. The first-order valence-corrected chi connectivity index (χ1v) is 6.73. The maximum absolute atomic E-state index is 11.7. The Hall–Kier alpha value is -1.43. The fourth-order valence-electron chi connectivity index (χ4n) is 3.83. The van der Waals surface area contributed by atoms with E-state index in [-0.39, 0.29) is 24.7 Å². The van der Waals surface area contributed by atoms with Crippen LogP contribution in [0.2, 0.25) is 0 Å². The Bertz CT molecular complexity index is 520. The molecule has 5 atom stereocenters. The van der Waals surface area contributed by atoms with E-state index in [2.05, 4.69) is 6.58 Å². The lowest BCUT2D eigenvalue weighted by atomic mass is 9.56. The summed E-state index contributed by atoms with van der Waals surface area (Å²) in [6.45, 7) is 3.31. The van der Waals surface area contributed by atoms with E-state index >= 15 is 0 Å². The highest BCUT2D eigenvalue weighted by Gasteiger charge is 2.59. The fraction of sp³-hybridized carbons (Fsp3) is 0.533. The number of ether oxygens (including phenoxy) is 1. The lowest BCUT2D eigenvalue weighted by Gasteiger charge is -2.50. The number of aliphatic hydroxyl groups is 3. The number of allylic oxidation sites excluding steroid dienone is 2. The molecular formula is C15H18O5. The zero-order valence-electron chi connectivity index (χ0n) is 11.0. The van der Waals surface area contributed by atoms with E-state index < -0.39 is 29.5 Å². The van der Waals surface area contributed by atoms with Gasteiger partial charge in [-0.1, -0.05) is 24.8 Å². The SMILES string of the molecule is C=C1C(=O)OC2CC3C(CO)=CC=CC3(CO)C(O)C12. The zero-order chi connectivity index (χ0) is 14.5. The second-order valence-corrected chi connectivity index (χ2v) is 5.76. The first-order chi connectivity index (χ1) is 9.55. The molecule has 3 N–H and O–H groups in total. The Kier molecular flexibility index (Phi) is 3.08. The Morgan fingerprint density at radius 3 is 2.85 bits per heavy atom. The number of hydrogen-bond acceptors (Lipinski definition) is 5. The first kappa shape index (κ1) is 13.5. The predicted molar refractivity (Wildman–Crippen MR) is 70.5 cm³/mol. The molecule has 3 rings (SSSR count). The van der Waals surface area contributed by atoms with Crippen molar-refractivity contribution in [3.8, 4) is 0 Å². The Morgan fingerprint density at radius 1 is 1.45 bits per heavy atom. The number of hydrogen-bond donors (Lipinski definition) is 3. The van der Waals surface area contributed by atoms with Gasteiger partial charge in [0, 0.05) is 11.0 Å². The molecule has 3 aliphatic rings. The number of esters is 1. The Labute approximate surface area is 116 Å². The second kappa shape index (κ2) is 4.55. The molecule has 1 saturated heterocycles. The molecule has 1 heterocycles. The molecule has 0 aromatic heterocycles. The van der Waals surface area contributed by atoms with Crippen molar-refractivity contribution < 1.29 is 24.9 Å². The molecular weight excluding hydrogens is 260 g/mol. The van der Waals surface area contributed by atoms with Crippen LogP contribution < -0.4 is 0 Å². The third-order valence-electron chi connectivity index (χ3n) is 4.95.